The summed E-state index contributed by atoms with van der Waals surface area (Å²) < 4.78 is 0. The molecule has 0 radical (unpaired) electrons. The second kappa shape index (κ2) is 4.94. The molecule has 1 aliphatic heterocycles. The summed E-state index contributed by atoms with van der Waals surface area (Å²) in [6, 6.07) is 0. The van der Waals surface area contributed by atoms with Crippen LogP contribution in [0.1, 0.15) is 33.1 Å². The lowest BCUT2D eigenvalue weighted by molar-refractivity contribution is -0.134. The van der Waals surface area contributed by atoms with E-state index in [4.69, 9.17) is 0 Å². The van der Waals surface area contributed by atoms with E-state index in [1.54, 1.807) is 0 Å². The lowest BCUT2D eigenvalue weighted by Gasteiger charge is -2.43. The first kappa shape index (κ1) is 12.8. The van der Waals surface area contributed by atoms with Crippen LogP contribution < -0.4 is 0 Å². The Hall–Kier alpha value is -0.610. The van der Waals surface area contributed by atoms with Gasteiger partial charge in [-0.05, 0) is 32.6 Å². The third-order valence-corrected chi connectivity index (χ3v) is 4.04. The maximum atomic E-state index is 11.9. The van der Waals surface area contributed by atoms with Crippen molar-refractivity contribution in [2.45, 2.75) is 38.6 Å². The number of rotatable bonds is 4. The van der Waals surface area contributed by atoms with Crippen LogP contribution >= 0.6 is 0 Å². The molecule has 4 nitrogen and oxygen atoms in total. The van der Waals surface area contributed by atoms with E-state index in [1.807, 2.05) is 4.90 Å². The van der Waals surface area contributed by atoms with Gasteiger partial charge in [0.05, 0.1) is 6.61 Å². The molecule has 0 unspecified atom stereocenters. The van der Waals surface area contributed by atoms with E-state index in [-0.39, 0.29) is 12.1 Å². The average Bonchev–Trinajstić information content (AvgIpc) is 3.13. The second-order valence-corrected chi connectivity index (χ2v) is 5.99. The van der Waals surface area contributed by atoms with Gasteiger partial charge in [0.2, 0.25) is 5.91 Å². The molecule has 0 spiro atoms. The van der Waals surface area contributed by atoms with Crippen LogP contribution in [0.25, 0.3) is 0 Å². The quantitative estimate of drug-likeness (QED) is 0.787. The molecule has 1 heterocycles. The van der Waals surface area contributed by atoms with Gasteiger partial charge in [0.1, 0.15) is 0 Å². The molecule has 1 aliphatic carbocycles. The first-order valence-corrected chi connectivity index (χ1v) is 6.66. The predicted octanol–water partition coefficient (Wildman–Crippen LogP) is 0.702. The molecule has 1 N–H and O–H groups in total. The van der Waals surface area contributed by atoms with Gasteiger partial charge < -0.3 is 10.0 Å². The maximum absolute atomic E-state index is 11.9. The molecule has 1 saturated carbocycles. The van der Waals surface area contributed by atoms with Crippen molar-refractivity contribution in [1.82, 2.24) is 9.80 Å². The number of amides is 1. The van der Waals surface area contributed by atoms with Crippen LogP contribution in [0, 0.1) is 5.92 Å². The largest absolute Gasteiger partial charge is 0.394 e. The predicted molar refractivity (Wildman–Crippen MR) is 66.7 cm³/mol. The zero-order chi connectivity index (χ0) is 12.5. The molecule has 0 aromatic rings. The SMILES string of the molecule is CC(C)(CO)N1CCN(C(=O)CC2CC2)CC1. The summed E-state index contributed by atoms with van der Waals surface area (Å²) in [5.74, 6) is 1.00. The van der Waals surface area contributed by atoms with Crippen molar-refractivity contribution < 1.29 is 9.90 Å². The number of hydrogen-bond donors (Lipinski definition) is 1. The number of hydrogen-bond acceptors (Lipinski definition) is 3. The van der Waals surface area contributed by atoms with Crippen LogP contribution in [0.5, 0.6) is 0 Å². The van der Waals surface area contributed by atoms with E-state index >= 15 is 0 Å². The highest BCUT2D eigenvalue weighted by Crippen LogP contribution is 2.33. The first-order chi connectivity index (χ1) is 8.03. The fourth-order valence-corrected chi connectivity index (χ4v) is 2.36. The van der Waals surface area contributed by atoms with Crippen molar-refractivity contribution >= 4 is 5.91 Å². The number of piperazine rings is 1. The second-order valence-electron chi connectivity index (χ2n) is 5.99. The van der Waals surface area contributed by atoms with E-state index in [0.29, 0.717) is 11.8 Å². The third-order valence-electron chi connectivity index (χ3n) is 4.04. The van der Waals surface area contributed by atoms with Crippen molar-refractivity contribution in [2.75, 3.05) is 32.8 Å². The van der Waals surface area contributed by atoms with Gasteiger partial charge in [-0.15, -0.1) is 0 Å². The van der Waals surface area contributed by atoms with Gasteiger partial charge in [0.15, 0.2) is 0 Å². The molecular weight excluding hydrogens is 216 g/mol. The average molecular weight is 240 g/mol. The zero-order valence-corrected chi connectivity index (χ0v) is 11.0. The lowest BCUT2D eigenvalue weighted by atomic mass is 10.0. The summed E-state index contributed by atoms with van der Waals surface area (Å²) >= 11 is 0. The Morgan fingerprint density at radius 3 is 2.29 bits per heavy atom. The number of carbonyl (C=O) groups excluding carboxylic acids is 1. The Morgan fingerprint density at radius 1 is 1.24 bits per heavy atom. The minimum absolute atomic E-state index is 0.161. The summed E-state index contributed by atoms with van der Waals surface area (Å²) in [6.07, 6.45) is 3.23. The molecule has 1 saturated heterocycles. The molecule has 17 heavy (non-hydrogen) atoms. The molecule has 0 aromatic heterocycles. The Balaban J connectivity index is 1.78. The molecule has 0 atom stereocenters. The van der Waals surface area contributed by atoms with E-state index in [2.05, 4.69) is 18.7 Å². The van der Waals surface area contributed by atoms with Gasteiger partial charge in [-0.1, -0.05) is 0 Å². The minimum atomic E-state index is -0.161. The van der Waals surface area contributed by atoms with Crippen molar-refractivity contribution in [3.8, 4) is 0 Å². The highest BCUT2D eigenvalue weighted by atomic mass is 16.3. The summed E-state index contributed by atoms with van der Waals surface area (Å²) in [7, 11) is 0. The monoisotopic (exact) mass is 240 g/mol. The molecule has 2 fully saturated rings. The zero-order valence-electron chi connectivity index (χ0n) is 11.0. The third kappa shape index (κ3) is 3.19. The molecule has 0 aromatic carbocycles. The molecular formula is C13H24N2O2. The van der Waals surface area contributed by atoms with Gasteiger partial charge in [-0.3, -0.25) is 9.69 Å². The van der Waals surface area contributed by atoms with Crippen molar-refractivity contribution in [1.29, 1.82) is 0 Å². The Labute approximate surface area is 104 Å². The van der Waals surface area contributed by atoms with Crippen LogP contribution in [0.4, 0.5) is 0 Å². The van der Waals surface area contributed by atoms with Gasteiger partial charge in [0, 0.05) is 38.1 Å². The van der Waals surface area contributed by atoms with Gasteiger partial charge in [0.25, 0.3) is 0 Å². The number of aliphatic hydroxyl groups is 1. The first-order valence-electron chi connectivity index (χ1n) is 6.66. The fraction of sp³-hybridized carbons (Fsp3) is 0.923. The molecule has 2 rings (SSSR count). The highest BCUT2D eigenvalue weighted by molar-refractivity contribution is 5.76. The molecule has 2 aliphatic rings. The normalized spacial score (nSPS) is 22.9. The summed E-state index contributed by atoms with van der Waals surface area (Å²) in [6.45, 7) is 7.66. The standard InChI is InChI=1S/C13H24N2O2/c1-13(2,10-16)15-7-5-14(6-8-15)12(17)9-11-3-4-11/h11,16H,3-10H2,1-2H3. The Kier molecular flexibility index (Phi) is 3.73. The smallest absolute Gasteiger partial charge is 0.222 e. The Bertz CT molecular complexity index is 279. The fourth-order valence-electron chi connectivity index (χ4n) is 2.36. The van der Waals surface area contributed by atoms with Crippen LogP contribution in [0.3, 0.4) is 0 Å². The van der Waals surface area contributed by atoms with E-state index in [1.165, 1.54) is 12.8 Å². The van der Waals surface area contributed by atoms with Crippen molar-refractivity contribution in [2.24, 2.45) is 5.92 Å². The van der Waals surface area contributed by atoms with Crippen LogP contribution in [-0.4, -0.2) is 59.1 Å². The van der Waals surface area contributed by atoms with Crippen molar-refractivity contribution in [3.05, 3.63) is 0 Å². The maximum Gasteiger partial charge on any atom is 0.222 e. The van der Waals surface area contributed by atoms with Gasteiger partial charge >= 0.3 is 0 Å². The van der Waals surface area contributed by atoms with Gasteiger partial charge in [-0.25, -0.2) is 0 Å². The number of aliphatic hydroxyl groups excluding tert-OH is 1. The van der Waals surface area contributed by atoms with Crippen LogP contribution in [0.2, 0.25) is 0 Å². The number of carbonyl (C=O) groups is 1. The van der Waals surface area contributed by atoms with Gasteiger partial charge in [-0.2, -0.15) is 0 Å². The van der Waals surface area contributed by atoms with Crippen molar-refractivity contribution in [3.63, 3.8) is 0 Å². The summed E-state index contributed by atoms with van der Waals surface area (Å²) in [5.41, 5.74) is -0.161. The Morgan fingerprint density at radius 2 is 1.82 bits per heavy atom. The molecule has 4 heteroatoms. The highest BCUT2D eigenvalue weighted by Gasteiger charge is 2.32. The van der Waals surface area contributed by atoms with Crippen LogP contribution in [0.15, 0.2) is 0 Å². The van der Waals surface area contributed by atoms with E-state index in [0.717, 1.165) is 32.6 Å². The van der Waals surface area contributed by atoms with E-state index < -0.39 is 0 Å². The minimum Gasteiger partial charge on any atom is -0.394 e. The summed E-state index contributed by atoms with van der Waals surface area (Å²) in [4.78, 5) is 16.2. The molecule has 1 amide bonds. The molecule has 98 valence electrons. The van der Waals surface area contributed by atoms with E-state index in [9.17, 15) is 9.90 Å². The summed E-state index contributed by atoms with van der Waals surface area (Å²) in [5, 5.41) is 9.33. The lowest BCUT2D eigenvalue weighted by Crippen LogP contribution is -2.57. The number of nitrogens with zero attached hydrogens (tertiary/aromatic N) is 2. The van der Waals surface area contributed by atoms with Crippen LogP contribution in [-0.2, 0) is 4.79 Å². The molecule has 0 bridgehead atoms. The topological polar surface area (TPSA) is 43.8 Å².